The maximum absolute atomic E-state index is 7.87. The van der Waals surface area contributed by atoms with Gasteiger partial charge in [-0.05, 0) is 76.9 Å². The third kappa shape index (κ3) is 4.17. The Morgan fingerprint density at radius 3 is 1.80 bits per heavy atom. The third-order valence-corrected chi connectivity index (χ3v) is 12.0. The maximum atomic E-state index is 7.87. The number of fused-ring (bicyclic) bond motifs is 10. The fourth-order valence-corrected chi connectivity index (χ4v) is 9.78. The quantitative estimate of drug-likeness (QED) is 0.168. The lowest BCUT2D eigenvalue weighted by Crippen LogP contribution is -1.97. The minimum atomic E-state index is 0.626. The molecule has 0 aliphatic carbocycles. The van der Waals surface area contributed by atoms with Gasteiger partial charge in [0.1, 0.15) is 0 Å². The highest BCUT2D eigenvalue weighted by Gasteiger charge is 2.18. The van der Waals surface area contributed by atoms with Gasteiger partial charge in [-0.3, -0.25) is 0 Å². The number of benzene rings is 7. The molecule has 226 valence electrons. The van der Waals surface area contributed by atoms with Gasteiger partial charge in [-0.1, -0.05) is 84.9 Å². The Bertz CT molecular complexity index is 3020. The normalized spacial score (nSPS) is 11.6. The lowest BCUT2D eigenvalue weighted by atomic mass is 9.99. The average molecular weight is 658 g/mol. The van der Waals surface area contributed by atoms with Crippen molar-refractivity contribution < 1.29 is 0 Å². The molecular weight excluding hydrogens is 635 g/mol. The first-order chi connectivity index (χ1) is 24.2. The molecule has 10 rings (SSSR count). The highest BCUT2D eigenvalue weighted by Crippen LogP contribution is 2.47. The van der Waals surface area contributed by atoms with E-state index in [4.69, 9.17) is 13.1 Å². The fraction of sp³-hybridized carbons (Fsp3) is 0. The molecule has 0 aliphatic rings. The van der Waals surface area contributed by atoms with Gasteiger partial charge in [0, 0.05) is 51.1 Å². The largest absolute Gasteiger partial charge is 0.309 e. The molecule has 0 radical (unpaired) electrons. The van der Waals surface area contributed by atoms with Gasteiger partial charge in [-0.15, -0.1) is 22.7 Å². The van der Waals surface area contributed by atoms with Crippen LogP contribution in [0.15, 0.2) is 140 Å². The maximum Gasteiger partial charge on any atom is 0.188 e. The van der Waals surface area contributed by atoms with Crippen molar-refractivity contribution in [3.8, 4) is 27.9 Å². The van der Waals surface area contributed by atoms with Gasteiger partial charge in [0.05, 0.1) is 29.9 Å². The van der Waals surface area contributed by atoms with E-state index < -0.39 is 0 Å². The standard InChI is InChI=1S/C44H23N3S2/c1-45-29-15-11-26(12-16-29)27-13-20-40-35(23-27)33-18-22-42-43(44(33)49-40)36-24-28(14-21-41(36)48-42)34-25-30(46-2)17-19-39(34)47-37-9-5-3-7-31(37)32-8-4-6-10-38(32)47/h3-25H. The van der Waals surface area contributed by atoms with Crippen molar-refractivity contribution in [2.75, 3.05) is 0 Å². The van der Waals surface area contributed by atoms with E-state index in [1.807, 2.05) is 59.1 Å². The predicted octanol–water partition coefficient (Wildman–Crippen LogP) is 14.0. The van der Waals surface area contributed by atoms with Crippen LogP contribution in [0.5, 0.6) is 0 Å². The summed E-state index contributed by atoms with van der Waals surface area (Å²) in [5.74, 6) is 0. The average Bonchev–Trinajstić information content (AvgIpc) is 3.83. The second-order valence-electron chi connectivity index (χ2n) is 12.3. The minimum absolute atomic E-state index is 0.626. The Morgan fingerprint density at radius 2 is 1.06 bits per heavy atom. The first-order valence-electron chi connectivity index (χ1n) is 16.0. The molecule has 0 fully saturated rings. The Morgan fingerprint density at radius 1 is 0.449 bits per heavy atom. The summed E-state index contributed by atoms with van der Waals surface area (Å²) in [5.41, 5.74) is 9.04. The van der Waals surface area contributed by atoms with Crippen molar-refractivity contribution in [2.24, 2.45) is 0 Å². The summed E-state index contributed by atoms with van der Waals surface area (Å²) in [6.07, 6.45) is 0. The topological polar surface area (TPSA) is 13.7 Å². The highest BCUT2D eigenvalue weighted by atomic mass is 32.1. The molecule has 0 aliphatic heterocycles. The zero-order valence-electron chi connectivity index (χ0n) is 25.9. The third-order valence-electron chi connectivity index (χ3n) is 9.64. The van der Waals surface area contributed by atoms with Crippen LogP contribution < -0.4 is 0 Å². The molecule has 0 saturated heterocycles. The van der Waals surface area contributed by atoms with Crippen LogP contribution in [0, 0.1) is 13.1 Å². The monoisotopic (exact) mass is 657 g/mol. The summed E-state index contributed by atoms with van der Waals surface area (Å²) in [6.45, 7) is 15.2. The summed E-state index contributed by atoms with van der Waals surface area (Å²) in [4.78, 5) is 7.39. The van der Waals surface area contributed by atoms with Gasteiger partial charge in [-0.25, -0.2) is 9.69 Å². The second kappa shape index (κ2) is 10.6. The van der Waals surface area contributed by atoms with Gasteiger partial charge in [-0.2, -0.15) is 0 Å². The summed E-state index contributed by atoms with van der Waals surface area (Å²) >= 11 is 3.69. The molecule has 10 aromatic rings. The van der Waals surface area contributed by atoms with Crippen LogP contribution >= 0.6 is 22.7 Å². The zero-order valence-corrected chi connectivity index (χ0v) is 27.6. The van der Waals surface area contributed by atoms with E-state index in [0.717, 1.165) is 39.0 Å². The smallest absolute Gasteiger partial charge is 0.188 e. The van der Waals surface area contributed by atoms with Crippen LogP contribution in [0.25, 0.3) is 99.8 Å². The Balaban J connectivity index is 1.20. The van der Waals surface area contributed by atoms with E-state index in [1.165, 1.54) is 51.1 Å². The summed E-state index contributed by atoms with van der Waals surface area (Å²) < 4.78 is 7.44. The van der Waals surface area contributed by atoms with Crippen LogP contribution in [-0.2, 0) is 0 Å². The van der Waals surface area contributed by atoms with Crippen molar-refractivity contribution >= 4 is 96.2 Å². The lowest BCUT2D eigenvalue weighted by molar-refractivity contribution is 1.18. The van der Waals surface area contributed by atoms with Gasteiger partial charge >= 0.3 is 0 Å². The molecule has 0 bridgehead atoms. The molecule has 3 nitrogen and oxygen atoms in total. The summed E-state index contributed by atoms with van der Waals surface area (Å²) in [6, 6.07) is 49.1. The number of hydrogen-bond donors (Lipinski definition) is 0. The predicted molar refractivity (Wildman–Crippen MR) is 210 cm³/mol. The molecule has 0 N–H and O–H groups in total. The first-order valence-corrected chi connectivity index (χ1v) is 17.6. The molecule has 0 saturated carbocycles. The molecule has 0 unspecified atom stereocenters. The van der Waals surface area contributed by atoms with Gasteiger partial charge < -0.3 is 4.57 Å². The number of nitrogens with zero attached hydrogens (tertiary/aromatic N) is 3. The number of thiophene rings is 2. The SMILES string of the molecule is [C-]#[N+]c1ccc(-c2ccc3sc4c(ccc5sc6ccc(-c7cc([N+]#[C-])ccc7-n7c8ccccc8c8ccccc87)cc6c54)c3c2)cc1. The number of para-hydroxylation sites is 2. The van der Waals surface area contributed by atoms with Gasteiger partial charge in [0.25, 0.3) is 0 Å². The van der Waals surface area contributed by atoms with Crippen LogP contribution in [-0.4, -0.2) is 4.57 Å². The zero-order chi connectivity index (χ0) is 32.6. The van der Waals surface area contributed by atoms with Crippen LogP contribution in [0.3, 0.4) is 0 Å². The van der Waals surface area contributed by atoms with Gasteiger partial charge in [0.15, 0.2) is 11.4 Å². The molecule has 0 amide bonds. The molecule has 0 spiro atoms. The Hall–Kier alpha value is -6.24. The number of aromatic nitrogens is 1. The van der Waals surface area contributed by atoms with Gasteiger partial charge in [0.2, 0.25) is 0 Å². The Kier molecular flexibility index (Phi) is 6.04. The fourth-order valence-electron chi connectivity index (χ4n) is 7.37. The van der Waals surface area contributed by atoms with Crippen LogP contribution in [0.1, 0.15) is 0 Å². The van der Waals surface area contributed by atoms with E-state index in [-0.39, 0.29) is 0 Å². The molecule has 3 heterocycles. The second-order valence-corrected chi connectivity index (χ2v) is 14.4. The van der Waals surface area contributed by atoms with Crippen molar-refractivity contribution in [2.45, 2.75) is 0 Å². The van der Waals surface area contributed by atoms with E-state index in [1.54, 1.807) is 0 Å². The molecule has 49 heavy (non-hydrogen) atoms. The summed E-state index contributed by atoms with van der Waals surface area (Å²) in [5, 5.41) is 7.48. The van der Waals surface area contributed by atoms with E-state index in [9.17, 15) is 0 Å². The summed E-state index contributed by atoms with van der Waals surface area (Å²) in [7, 11) is 0. The van der Waals surface area contributed by atoms with E-state index >= 15 is 0 Å². The van der Waals surface area contributed by atoms with Crippen molar-refractivity contribution in [1.29, 1.82) is 0 Å². The van der Waals surface area contributed by atoms with Crippen LogP contribution in [0.2, 0.25) is 0 Å². The highest BCUT2D eigenvalue weighted by molar-refractivity contribution is 7.29. The van der Waals surface area contributed by atoms with Crippen molar-refractivity contribution in [3.05, 3.63) is 162 Å². The van der Waals surface area contributed by atoms with Crippen molar-refractivity contribution in [1.82, 2.24) is 4.57 Å². The van der Waals surface area contributed by atoms with E-state index in [2.05, 4.69) is 117 Å². The van der Waals surface area contributed by atoms with E-state index in [0.29, 0.717) is 11.4 Å². The number of rotatable bonds is 3. The van der Waals surface area contributed by atoms with Crippen molar-refractivity contribution in [3.63, 3.8) is 0 Å². The molecule has 3 aromatic heterocycles. The first kappa shape index (κ1) is 27.8. The molecule has 5 heteroatoms. The Labute approximate surface area is 289 Å². The number of hydrogen-bond acceptors (Lipinski definition) is 2. The molecular formula is C44H23N3S2. The minimum Gasteiger partial charge on any atom is -0.309 e. The molecule has 7 aromatic carbocycles. The lowest BCUT2D eigenvalue weighted by Gasteiger charge is -2.15. The molecule has 0 atom stereocenters. The van der Waals surface area contributed by atoms with Crippen LogP contribution in [0.4, 0.5) is 11.4 Å².